The van der Waals surface area contributed by atoms with Crippen LogP contribution in [0.3, 0.4) is 0 Å². The number of nitrogens with one attached hydrogen (secondary N) is 2. The van der Waals surface area contributed by atoms with E-state index in [1.54, 1.807) is 10.7 Å². The zero-order valence-electron chi connectivity index (χ0n) is 18.4. The molecule has 0 bridgehead atoms. The molecule has 0 aliphatic rings. The number of fused-ring (bicyclic) bond motifs is 1. The van der Waals surface area contributed by atoms with E-state index in [1.807, 2.05) is 62.4 Å². The van der Waals surface area contributed by atoms with E-state index in [-0.39, 0.29) is 0 Å². The molecule has 4 aromatic rings. The average Bonchev–Trinajstić information content (AvgIpc) is 3.36. The number of esters is 1. The second kappa shape index (κ2) is 10.1. The number of thiophene rings is 1. The van der Waals surface area contributed by atoms with Crippen LogP contribution in [0.2, 0.25) is 5.02 Å². The number of anilines is 1. The molecule has 0 aliphatic carbocycles. The summed E-state index contributed by atoms with van der Waals surface area (Å²) in [6.45, 7) is 2.90. The lowest BCUT2D eigenvalue weighted by Crippen LogP contribution is -2.32. The van der Waals surface area contributed by atoms with Gasteiger partial charge in [-0.2, -0.15) is 5.10 Å². The Morgan fingerprint density at radius 2 is 1.82 bits per heavy atom. The summed E-state index contributed by atoms with van der Waals surface area (Å²) in [6.07, 6.45) is 0. The van der Waals surface area contributed by atoms with E-state index in [2.05, 4.69) is 15.7 Å². The first-order valence-electron chi connectivity index (χ1n) is 10.4. The van der Waals surface area contributed by atoms with E-state index in [0.717, 1.165) is 27.0 Å². The number of carbonyl (C=O) groups is 3. The van der Waals surface area contributed by atoms with Gasteiger partial charge in [-0.1, -0.05) is 47.5 Å². The molecule has 0 saturated carbocycles. The molecule has 8 nitrogen and oxygen atoms in total. The van der Waals surface area contributed by atoms with Crippen molar-refractivity contribution in [2.75, 3.05) is 18.5 Å². The van der Waals surface area contributed by atoms with Crippen molar-refractivity contribution in [3.05, 3.63) is 75.8 Å². The summed E-state index contributed by atoms with van der Waals surface area (Å²) in [6, 6.07) is 16.8. The highest BCUT2D eigenvalue weighted by atomic mass is 35.5. The van der Waals surface area contributed by atoms with Gasteiger partial charge in [0, 0.05) is 16.2 Å². The lowest BCUT2D eigenvalue weighted by Gasteiger charge is -2.10. The highest BCUT2D eigenvalue weighted by Gasteiger charge is 2.18. The number of rotatable bonds is 7. The minimum Gasteiger partial charge on any atom is -0.454 e. The smallest absolute Gasteiger partial charge is 0.325 e. The summed E-state index contributed by atoms with van der Waals surface area (Å²) in [5, 5.41) is 10.7. The monoisotopic (exact) mass is 496 g/mol. The summed E-state index contributed by atoms with van der Waals surface area (Å²) in [4.78, 5) is 37.1. The van der Waals surface area contributed by atoms with Crippen molar-refractivity contribution >= 4 is 56.6 Å². The lowest BCUT2D eigenvalue weighted by molar-refractivity contribution is -0.146. The highest BCUT2D eigenvalue weighted by molar-refractivity contribution is 7.21. The van der Waals surface area contributed by atoms with Gasteiger partial charge < -0.3 is 15.4 Å². The van der Waals surface area contributed by atoms with E-state index >= 15 is 0 Å². The number of amides is 2. The number of hydrogen-bond donors (Lipinski definition) is 2. The van der Waals surface area contributed by atoms with E-state index in [1.165, 1.54) is 11.3 Å². The molecule has 0 aliphatic heterocycles. The third kappa shape index (κ3) is 5.27. The van der Waals surface area contributed by atoms with Gasteiger partial charge in [0.1, 0.15) is 17.2 Å². The van der Waals surface area contributed by atoms with Gasteiger partial charge in [-0.3, -0.25) is 14.4 Å². The number of halogens is 1. The molecule has 34 heavy (non-hydrogen) atoms. The van der Waals surface area contributed by atoms with Crippen molar-refractivity contribution in [2.45, 2.75) is 13.8 Å². The van der Waals surface area contributed by atoms with Crippen LogP contribution in [-0.4, -0.2) is 40.7 Å². The van der Waals surface area contributed by atoms with Crippen molar-refractivity contribution in [3.63, 3.8) is 0 Å². The van der Waals surface area contributed by atoms with Crippen molar-refractivity contribution in [2.24, 2.45) is 0 Å². The van der Waals surface area contributed by atoms with Crippen LogP contribution >= 0.6 is 22.9 Å². The first-order valence-corrected chi connectivity index (χ1v) is 11.6. The minimum atomic E-state index is -0.746. The normalized spacial score (nSPS) is 10.8. The molecule has 0 spiro atoms. The fraction of sp³-hybridized carbons (Fsp3) is 0.167. The fourth-order valence-corrected chi connectivity index (χ4v) is 4.67. The third-order valence-electron chi connectivity index (χ3n) is 4.88. The van der Waals surface area contributed by atoms with E-state index < -0.39 is 30.9 Å². The number of ether oxygens (including phenoxy) is 1. The lowest BCUT2D eigenvalue weighted by atomic mass is 10.2. The molecule has 10 heteroatoms. The number of nitrogens with zero attached hydrogens (tertiary/aromatic N) is 2. The number of aromatic nitrogens is 2. The third-order valence-corrected chi connectivity index (χ3v) is 6.55. The molecule has 2 heterocycles. The van der Waals surface area contributed by atoms with Crippen LogP contribution in [0, 0.1) is 13.8 Å². The predicted octanol–water partition coefficient (Wildman–Crippen LogP) is 4.27. The molecular formula is C24H21ClN4O4S. The Kier molecular flexibility index (Phi) is 6.95. The van der Waals surface area contributed by atoms with Gasteiger partial charge in [-0.05, 0) is 32.0 Å². The number of benzene rings is 2. The number of carbonyl (C=O) groups excluding carboxylic acids is 3. The predicted molar refractivity (Wildman–Crippen MR) is 132 cm³/mol. The SMILES string of the molecule is Cc1ccc(-n2nc(C)cc2NC(=O)COC(=O)CNC(=O)c2sc3ccccc3c2Cl)cc1. The van der Waals surface area contributed by atoms with Crippen molar-refractivity contribution in [1.82, 2.24) is 15.1 Å². The average molecular weight is 497 g/mol. The second-order valence-electron chi connectivity index (χ2n) is 7.55. The summed E-state index contributed by atoms with van der Waals surface area (Å²) in [5.74, 6) is -1.30. The molecule has 0 unspecified atom stereocenters. The molecule has 2 aromatic carbocycles. The van der Waals surface area contributed by atoms with Crippen LogP contribution in [0.15, 0.2) is 54.6 Å². The molecule has 0 radical (unpaired) electrons. The van der Waals surface area contributed by atoms with Gasteiger partial charge >= 0.3 is 5.97 Å². The van der Waals surface area contributed by atoms with Crippen molar-refractivity contribution in [1.29, 1.82) is 0 Å². The molecule has 2 N–H and O–H groups in total. The topological polar surface area (TPSA) is 102 Å². The zero-order valence-corrected chi connectivity index (χ0v) is 20.0. The Morgan fingerprint density at radius 1 is 1.09 bits per heavy atom. The summed E-state index contributed by atoms with van der Waals surface area (Å²) >= 11 is 7.52. The van der Waals surface area contributed by atoms with Crippen LogP contribution in [0.25, 0.3) is 15.8 Å². The van der Waals surface area contributed by atoms with Crippen LogP contribution in [0.4, 0.5) is 5.82 Å². The largest absolute Gasteiger partial charge is 0.454 e. The summed E-state index contributed by atoms with van der Waals surface area (Å²) in [7, 11) is 0. The van der Waals surface area contributed by atoms with Gasteiger partial charge in [0.2, 0.25) is 0 Å². The van der Waals surface area contributed by atoms with Gasteiger partial charge in [-0.25, -0.2) is 4.68 Å². The molecule has 2 aromatic heterocycles. The van der Waals surface area contributed by atoms with Crippen LogP contribution in [0.1, 0.15) is 20.9 Å². The van der Waals surface area contributed by atoms with Gasteiger partial charge in [0.15, 0.2) is 6.61 Å². The minimum absolute atomic E-state index is 0.313. The zero-order chi connectivity index (χ0) is 24.2. The fourth-order valence-electron chi connectivity index (χ4n) is 3.24. The summed E-state index contributed by atoms with van der Waals surface area (Å²) in [5.41, 5.74) is 2.61. The molecule has 174 valence electrons. The molecule has 0 saturated heterocycles. The van der Waals surface area contributed by atoms with Crippen LogP contribution in [-0.2, 0) is 14.3 Å². The van der Waals surface area contributed by atoms with Crippen LogP contribution < -0.4 is 10.6 Å². The second-order valence-corrected chi connectivity index (χ2v) is 8.98. The Hall–Kier alpha value is -3.69. The number of hydrogen-bond acceptors (Lipinski definition) is 6. The standard InChI is InChI=1S/C24H21ClN4O4S/c1-14-7-9-16(10-8-14)29-19(11-15(2)28-29)27-20(30)13-33-21(31)12-26-24(32)23-22(25)17-5-3-4-6-18(17)34-23/h3-11H,12-13H2,1-2H3,(H,26,32)(H,27,30). The van der Waals surface area contributed by atoms with Crippen LogP contribution in [0.5, 0.6) is 0 Å². The molecule has 2 amide bonds. The van der Waals surface area contributed by atoms with Gasteiger partial charge in [-0.15, -0.1) is 11.3 Å². The quantitative estimate of drug-likeness (QED) is 0.372. The Balaban J connectivity index is 1.30. The van der Waals surface area contributed by atoms with E-state index in [0.29, 0.717) is 15.7 Å². The van der Waals surface area contributed by atoms with E-state index in [9.17, 15) is 14.4 Å². The molecule has 4 rings (SSSR count). The first kappa shape index (κ1) is 23.5. The molecule has 0 fully saturated rings. The van der Waals surface area contributed by atoms with Gasteiger partial charge in [0.25, 0.3) is 11.8 Å². The van der Waals surface area contributed by atoms with Crippen molar-refractivity contribution < 1.29 is 19.1 Å². The van der Waals surface area contributed by atoms with Gasteiger partial charge in [0.05, 0.1) is 16.4 Å². The maximum absolute atomic E-state index is 12.4. The molecule has 0 atom stereocenters. The number of aryl methyl sites for hydroxylation is 2. The Morgan fingerprint density at radius 3 is 2.56 bits per heavy atom. The van der Waals surface area contributed by atoms with E-state index in [4.69, 9.17) is 16.3 Å². The Bertz CT molecular complexity index is 1380. The first-order chi connectivity index (χ1) is 16.3. The Labute approximate surface area is 204 Å². The maximum Gasteiger partial charge on any atom is 0.325 e. The highest BCUT2D eigenvalue weighted by Crippen LogP contribution is 2.34. The maximum atomic E-state index is 12.4. The van der Waals surface area contributed by atoms with Crippen molar-refractivity contribution in [3.8, 4) is 5.69 Å². The summed E-state index contributed by atoms with van der Waals surface area (Å²) < 4.78 is 7.47. The molecular weight excluding hydrogens is 476 g/mol.